The van der Waals surface area contributed by atoms with Crippen LogP contribution < -0.4 is 10.6 Å². The molecule has 3 aromatic rings. The molecule has 0 fully saturated rings. The molecule has 0 saturated carbocycles. The zero-order chi connectivity index (χ0) is 29.3. The molecule has 2 aromatic heterocycles. The summed E-state index contributed by atoms with van der Waals surface area (Å²) in [6, 6.07) is 9.15. The molecule has 0 aliphatic heterocycles. The van der Waals surface area contributed by atoms with E-state index in [2.05, 4.69) is 15.6 Å². The molecule has 11 heteroatoms. The summed E-state index contributed by atoms with van der Waals surface area (Å²) >= 11 is 1.38. The van der Waals surface area contributed by atoms with E-state index in [9.17, 15) is 18.8 Å². The summed E-state index contributed by atoms with van der Waals surface area (Å²) < 4.78 is 18.5. The van der Waals surface area contributed by atoms with Crippen molar-refractivity contribution in [3.05, 3.63) is 81.6 Å². The number of carbonyl (C=O) groups excluding carboxylic acids is 3. The van der Waals surface area contributed by atoms with E-state index < -0.39 is 11.7 Å². The van der Waals surface area contributed by atoms with E-state index in [1.807, 2.05) is 24.4 Å². The van der Waals surface area contributed by atoms with Crippen LogP contribution in [0.5, 0.6) is 0 Å². The van der Waals surface area contributed by atoms with Gasteiger partial charge in [0.25, 0.3) is 0 Å². The number of hydrogen-bond donors (Lipinski definition) is 2. The zero-order valence-corrected chi connectivity index (χ0v) is 24.3. The van der Waals surface area contributed by atoms with Crippen LogP contribution in [0.15, 0.2) is 53.4 Å². The van der Waals surface area contributed by atoms with E-state index in [-0.39, 0.29) is 30.6 Å². The minimum absolute atomic E-state index is 0.0712. The highest BCUT2D eigenvalue weighted by atomic mass is 32.1. The number of ether oxygens (including phenoxy) is 1. The highest BCUT2D eigenvalue weighted by Gasteiger charge is 2.20. The first kappa shape index (κ1) is 30.7. The summed E-state index contributed by atoms with van der Waals surface area (Å²) in [4.78, 5) is 46.0. The van der Waals surface area contributed by atoms with Gasteiger partial charge in [-0.25, -0.2) is 14.0 Å². The van der Waals surface area contributed by atoms with Crippen molar-refractivity contribution in [2.45, 2.75) is 45.9 Å². The van der Waals surface area contributed by atoms with Crippen LogP contribution in [0.3, 0.4) is 0 Å². The fraction of sp³-hybridized carbons (Fsp3) is 0.379. The fourth-order valence-corrected chi connectivity index (χ4v) is 4.40. The van der Waals surface area contributed by atoms with E-state index in [0.29, 0.717) is 36.6 Å². The standard InChI is InChI=1S/C29H36FN5O4S/c1-29(2,3)39-28(38)33-25-19-40-18-22(25)14-26(36)24-11-8-21(16-31-24)17-35(13-12-34(4)5)27(37)32-15-20-6-9-23(30)10-7-20/h6-11,16,18-19H,12-15,17H2,1-5H3,(H,32,37)(H,33,38). The number of benzene rings is 1. The normalized spacial score (nSPS) is 11.3. The Hall–Kier alpha value is -3.83. The third-order valence-electron chi connectivity index (χ3n) is 5.67. The van der Waals surface area contributed by atoms with E-state index in [1.54, 1.807) is 61.5 Å². The molecule has 1 aromatic carbocycles. The molecule has 0 bridgehead atoms. The van der Waals surface area contributed by atoms with Crippen molar-refractivity contribution in [1.82, 2.24) is 20.1 Å². The number of likely N-dealkylation sites (N-methyl/N-ethyl adjacent to an activating group) is 1. The van der Waals surface area contributed by atoms with E-state index in [4.69, 9.17) is 4.74 Å². The number of pyridine rings is 1. The number of hydrogen-bond acceptors (Lipinski definition) is 7. The molecular formula is C29H36FN5O4S. The highest BCUT2D eigenvalue weighted by molar-refractivity contribution is 7.08. The number of ketones is 1. The molecule has 0 saturated heterocycles. The Morgan fingerprint density at radius 1 is 1.00 bits per heavy atom. The molecule has 3 rings (SSSR count). The summed E-state index contributed by atoms with van der Waals surface area (Å²) in [5.41, 5.74) is 2.44. The maximum atomic E-state index is 13.2. The average Bonchev–Trinajstić information content (AvgIpc) is 3.31. The molecule has 3 amide bonds. The summed E-state index contributed by atoms with van der Waals surface area (Å²) in [7, 11) is 3.86. The van der Waals surface area contributed by atoms with Crippen LogP contribution in [0.2, 0.25) is 0 Å². The first-order valence-corrected chi connectivity index (χ1v) is 13.8. The van der Waals surface area contributed by atoms with Gasteiger partial charge in [-0.05, 0) is 75.1 Å². The first-order chi connectivity index (χ1) is 18.9. The van der Waals surface area contributed by atoms with Crippen LogP contribution in [-0.4, -0.2) is 65.5 Å². The Bertz CT molecular complexity index is 1290. The second-order valence-electron chi connectivity index (χ2n) is 10.6. The second-order valence-corrected chi connectivity index (χ2v) is 11.3. The van der Waals surface area contributed by atoms with Gasteiger partial charge in [0.2, 0.25) is 0 Å². The highest BCUT2D eigenvalue weighted by Crippen LogP contribution is 2.23. The Balaban J connectivity index is 1.61. The lowest BCUT2D eigenvalue weighted by molar-refractivity contribution is 0.0635. The van der Waals surface area contributed by atoms with Gasteiger partial charge in [-0.15, -0.1) is 11.3 Å². The number of halogens is 1. The van der Waals surface area contributed by atoms with Crippen LogP contribution in [0.1, 0.15) is 48.0 Å². The van der Waals surface area contributed by atoms with Crippen LogP contribution in [-0.2, 0) is 24.2 Å². The average molecular weight is 570 g/mol. The molecule has 9 nitrogen and oxygen atoms in total. The number of amides is 3. The second kappa shape index (κ2) is 14.0. The monoisotopic (exact) mass is 569 g/mol. The number of anilines is 1. The van der Waals surface area contributed by atoms with Crippen molar-refractivity contribution >= 4 is 34.9 Å². The minimum Gasteiger partial charge on any atom is -0.444 e. The van der Waals surface area contributed by atoms with Gasteiger partial charge in [-0.1, -0.05) is 18.2 Å². The number of aromatic nitrogens is 1. The lowest BCUT2D eigenvalue weighted by Crippen LogP contribution is -2.42. The molecule has 0 radical (unpaired) electrons. The Morgan fingerprint density at radius 2 is 1.70 bits per heavy atom. The van der Waals surface area contributed by atoms with E-state index in [0.717, 1.165) is 11.1 Å². The molecule has 0 aliphatic carbocycles. The van der Waals surface area contributed by atoms with Crippen molar-refractivity contribution in [2.24, 2.45) is 0 Å². The van der Waals surface area contributed by atoms with Gasteiger partial charge in [0, 0.05) is 44.2 Å². The summed E-state index contributed by atoms with van der Waals surface area (Å²) in [6.45, 7) is 7.06. The van der Waals surface area contributed by atoms with Gasteiger partial charge in [-0.3, -0.25) is 15.1 Å². The van der Waals surface area contributed by atoms with Crippen molar-refractivity contribution in [3.8, 4) is 0 Å². The van der Waals surface area contributed by atoms with E-state index >= 15 is 0 Å². The molecule has 0 atom stereocenters. The van der Waals surface area contributed by atoms with Gasteiger partial charge in [0.05, 0.1) is 5.69 Å². The lowest BCUT2D eigenvalue weighted by Gasteiger charge is -2.25. The third-order valence-corrected chi connectivity index (χ3v) is 6.47. The van der Waals surface area contributed by atoms with Crippen LogP contribution in [0, 0.1) is 5.82 Å². The quantitative estimate of drug-likeness (QED) is 0.303. The SMILES string of the molecule is CN(C)CCN(Cc1ccc(C(=O)Cc2cscc2NC(=O)OC(C)(C)C)nc1)C(=O)NCc1ccc(F)cc1. The van der Waals surface area contributed by atoms with Crippen molar-refractivity contribution in [3.63, 3.8) is 0 Å². The predicted molar refractivity (Wildman–Crippen MR) is 154 cm³/mol. The number of Topliss-reactive ketones (excluding diaryl/α,β-unsaturated/α-hetero) is 1. The predicted octanol–water partition coefficient (Wildman–Crippen LogP) is 5.33. The Labute approximate surface area is 238 Å². The molecule has 0 unspecified atom stereocenters. The molecule has 2 heterocycles. The first-order valence-electron chi connectivity index (χ1n) is 12.8. The summed E-state index contributed by atoms with van der Waals surface area (Å²) in [5, 5.41) is 9.15. The van der Waals surface area contributed by atoms with Gasteiger partial charge in [0.1, 0.15) is 17.1 Å². The van der Waals surface area contributed by atoms with Gasteiger partial charge >= 0.3 is 12.1 Å². The fourth-order valence-electron chi connectivity index (χ4n) is 3.62. The van der Waals surface area contributed by atoms with Gasteiger partial charge in [0.15, 0.2) is 5.78 Å². The smallest absolute Gasteiger partial charge is 0.412 e. The summed E-state index contributed by atoms with van der Waals surface area (Å²) in [6.07, 6.45) is 1.08. The number of nitrogens with one attached hydrogen (secondary N) is 2. The topological polar surface area (TPSA) is 104 Å². The van der Waals surface area contributed by atoms with Gasteiger partial charge < -0.3 is 19.9 Å². The van der Waals surface area contributed by atoms with Crippen LogP contribution >= 0.6 is 11.3 Å². The summed E-state index contributed by atoms with van der Waals surface area (Å²) in [5.74, 6) is -0.524. The van der Waals surface area contributed by atoms with Crippen molar-refractivity contribution in [2.75, 3.05) is 32.5 Å². The minimum atomic E-state index is -0.632. The van der Waals surface area contributed by atoms with Crippen LogP contribution in [0.25, 0.3) is 0 Å². The Kier molecular flexibility index (Phi) is 10.7. The number of urea groups is 1. The number of thiophene rings is 1. The Morgan fingerprint density at radius 3 is 2.33 bits per heavy atom. The lowest BCUT2D eigenvalue weighted by atomic mass is 10.1. The van der Waals surface area contributed by atoms with Crippen LogP contribution in [0.4, 0.5) is 19.7 Å². The van der Waals surface area contributed by atoms with Crippen molar-refractivity contribution < 1.29 is 23.5 Å². The molecule has 0 aliphatic rings. The molecule has 40 heavy (non-hydrogen) atoms. The molecule has 0 spiro atoms. The van der Waals surface area contributed by atoms with E-state index in [1.165, 1.54) is 23.5 Å². The maximum absolute atomic E-state index is 13.2. The van der Waals surface area contributed by atoms with Gasteiger partial charge in [-0.2, -0.15) is 0 Å². The third kappa shape index (κ3) is 10.0. The zero-order valence-electron chi connectivity index (χ0n) is 23.5. The molecule has 2 N–H and O–H groups in total. The van der Waals surface area contributed by atoms with Crippen molar-refractivity contribution in [1.29, 1.82) is 0 Å². The molecule has 214 valence electrons. The largest absolute Gasteiger partial charge is 0.444 e. The number of carbonyl (C=O) groups is 3. The number of rotatable bonds is 11. The maximum Gasteiger partial charge on any atom is 0.412 e. The number of nitrogens with zero attached hydrogens (tertiary/aromatic N) is 3. The molecular weight excluding hydrogens is 533 g/mol.